The minimum atomic E-state index is -1.00. The van der Waals surface area contributed by atoms with Crippen LogP contribution in [0.3, 0.4) is 0 Å². The average Bonchev–Trinajstić information content (AvgIpc) is 2.15. The zero-order valence-electron chi connectivity index (χ0n) is 10.6. The first-order valence-corrected chi connectivity index (χ1v) is 5.38. The quantitative estimate of drug-likeness (QED) is 0.791. The van der Waals surface area contributed by atoms with Gasteiger partial charge in [0, 0.05) is 18.8 Å². The van der Waals surface area contributed by atoms with Crippen LogP contribution in [0.15, 0.2) is 6.20 Å². The molecule has 94 valence electrons. The van der Waals surface area contributed by atoms with E-state index in [2.05, 4.69) is 20.2 Å². The smallest absolute Gasteiger partial charge is 0.339 e. The van der Waals surface area contributed by atoms with Crippen LogP contribution in [0.25, 0.3) is 0 Å². The monoisotopic (exact) mass is 238 g/mol. The summed E-state index contributed by atoms with van der Waals surface area (Å²) in [5, 5.41) is 12.0. The first kappa shape index (κ1) is 13.4. The van der Waals surface area contributed by atoms with Crippen molar-refractivity contribution in [2.45, 2.75) is 19.9 Å². The molecule has 1 rings (SSSR count). The highest BCUT2D eigenvalue weighted by atomic mass is 16.4. The predicted molar refractivity (Wildman–Crippen MR) is 65.4 cm³/mol. The number of aromatic nitrogens is 2. The lowest BCUT2D eigenvalue weighted by Crippen LogP contribution is -2.30. The second-order valence-electron chi connectivity index (χ2n) is 4.31. The molecule has 0 aliphatic heterocycles. The molecule has 0 aliphatic carbocycles. The summed E-state index contributed by atoms with van der Waals surface area (Å²) in [5.41, 5.74) is 0.600. The van der Waals surface area contributed by atoms with Crippen molar-refractivity contribution in [1.29, 1.82) is 0 Å². The molecule has 0 bridgehead atoms. The maximum Gasteiger partial charge on any atom is 0.339 e. The van der Waals surface area contributed by atoms with Crippen molar-refractivity contribution in [3.05, 3.63) is 17.5 Å². The summed E-state index contributed by atoms with van der Waals surface area (Å²) in [6.07, 6.45) is 1.33. The second-order valence-corrected chi connectivity index (χ2v) is 4.31. The molecule has 0 spiro atoms. The van der Waals surface area contributed by atoms with Gasteiger partial charge in [-0.3, -0.25) is 0 Å². The zero-order valence-corrected chi connectivity index (χ0v) is 10.6. The highest BCUT2D eigenvalue weighted by Gasteiger charge is 2.11. The van der Waals surface area contributed by atoms with Crippen molar-refractivity contribution in [2.75, 3.05) is 26.0 Å². The highest BCUT2D eigenvalue weighted by molar-refractivity contribution is 5.88. The Kier molecular flexibility index (Phi) is 4.39. The van der Waals surface area contributed by atoms with Crippen LogP contribution >= 0.6 is 0 Å². The third-order valence-corrected chi connectivity index (χ3v) is 2.22. The largest absolute Gasteiger partial charge is 0.478 e. The van der Waals surface area contributed by atoms with Gasteiger partial charge >= 0.3 is 5.97 Å². The van der Waals surface area contributed by atoms with Crippen LogP contribution in [0.5, 0.6) is 0 Å². The van der Waals surface area contributed by atoms with Gasteiger partial charge in [0.2, 0.25) is 5.95 Å². The summed E-state index contributed by atoms with van der Waals surface area (Å²) >= 11 is 0. The van der Waals surface area contributed by atoms with Crippen LogP contribution in [0.2, 0.25) is 0 Å². The molecule has 1 unspecified atom stereocenters. The maximum atomic E-state index is 10.8. The number of carboxylic acid groups (broad SMARTS) is 1. The third kappa shape index (κ3) is 3.99. The van der Waals surface area contributed by atoms with Crippen LogP contribution in [0.4, 0.5) is 5.95 Å². The molecule has 0 amide bonds. The van der Waals surface area contributed by atoms with E-state index in [1.807, 2.05) is 21.0 Å². The van der Waals surface area contributed by atoms with E-state index in [4.69, 9.17) is 5.11 Å². The normalized spacial score (nSPS) is 12.5. The van der Waals surface area contributed by atoms with Crippen LogP contribution < -0.4 is 5.32 Å². The average molecular weight is 238 g/mol. The van der Waals surface area contributed by atoms with E-state index in [0.717, 1.165) is 6.54 Å². The number of nitrogens with one attached hydrogen (secondary N) is 1. The second kappa shape index (κ2) is 5.58. The van der Waals surface area contributed by atoms with E-state index in [0.29, 0.717) is 11.6 Å². The minimum Gasteiger partial charge on any atom is -0.478 e. The van der Waals surface area contributed by atoms with Gasteiger partial charge in [0.15, 0.2) is 0 Å². The number of hydrogen-bond donors (Lipinski definition) is 2. The SMILES string of the molecule is Cc1nc(NC(C)CN(C)C)ncc1C(=O)O. The number of aromatic carboxylic acids is 1. The van der Waals surface area contributed by atoms with E-state index in [1.54, 1.807) is 6.92 Å². The molecule has 1 heterocycles. The Balaban J connectivity index is 2.74. The number of carbonyl (C=O) groups is 1. The molecule has 0 saturated heterocycles. The van der Waals surface area contributed by atoms with Crippen molar-refractivity contribution in [1.82, 2.24) is 14.9 Å². The van der Waals surface area contributed by atoms with Crippen molar-refractivity contribution < 1.29 is 9.90 Å². The third-order valence-electron chi connectivity index (χ3n) is 2.22. The van der Waals surface area contributed by atoms with Crippen LogP contribution in [0, 0.1) is 6.92 Å². The van der Waals surface area contributed by atoms with Gasteiger partial charge in [-0.25, -0.2) is 14.8 Å². The molecule has 17 heavy (non-hydrogen) atoms. The standard InChI is InChI=1S/C11H18N4O2/c1-7(6-15(3)4)13-11-12-5-9(10(16)17)8(2)14-11/h5,7H,6H2,1-4H3,(H,16,17)(H,12,13,14). The van der Waals surface area contributed by atoms with Crippen LogP contribution in [-0.2, 0) is 0 Å². The Labute approximate surface area is 101 Å². The van der Waals surface area contributed by atoms with Crippen molar-refractivity contribution in [3.63, 3.8) is 0 Å². The van der Waals surface area contributed by atoms with Gasteiger partial charge in [0.05, 0.1) is 11.3 Å². The number of anilines is 1. The predicted octanol–water partition coefficient (Wildman–Crippen LogP) is 0.845. The van der Waals surface area contributed by atoms with Gasteiger partial charge in [-0.15, -0.1) is 0 Å². The van der Waals surface area contributed by atoms with Crippen molar-refractivity contribution >= 4 is 11.9 Å². The summed E-state index contributed by atoms with van der Waals surface area (Å²) in [6.45, 7) is 4.53. The van der Waals surface area contributed by atoms with Gasteiger partial charge in [0.1, 0.15) is 0 Å². The van der Waals surface area contributed by atoms with E-state index in [1.165, 1.54) is 6.20 Å². The maximum absolute atomic E-state index is 10.8. The molecule has 0 saturated carbocycles. The Morgan fingerprint density at radius 3 is 2.71 bits per heavy atom. The summed E-state index contributed by atoms with van der Waals surface area (Å²) in [4.78, 5) is 21.0. The first-order chi connectivity index (χ1) is 7.90. The summed E-state index contributed by atoms with van der Waals surface area (Å²) < 4.78 is 0. The number of nitrogens with zero attached hydrogens (tertiary/aromatic N) is 3. The fraction of sp³-hybridized carbons (Fsp3) is 0.545. The fourth-order valence-electron chi connectivity index (χ4n) is 1.56. The van der Waals surface area contributed by atoms with Crippen molar-refractivity contribution in [2.24, 2.45) is 0 Å². The molecule has 0 aliphatic rings. The van der Waals surface area contributed by atoms with E-state index in [-0.39, 0.29) is 11.6 Å². The van der Waals surface area contributed by atoms with E-state index >= 15 is 0 Å². The highest BCUT2D eigenvalue weighted by Crippen LogP contribution is 2.08. The number of likely N-dealkylation sites (N-methyl/N-ethyl adjacent to an activating group) is 1. The molecule has 1 aromatic heterocycles. The topological polar surface area (TPSA) is 78.4 Å². The summed E-state index contributed by atoms with van der Waals surface area (Å²) in [5.74, 6) is -0.544. The lowest BCUT2D eigenvalue weighted by Gasteiger charge is -2.18. The first-order valence-electron chi connectivity index (χ1n) is 5.38. The van der Waals surface area contributed by atoms with E-state index in [9.17, 15) is 4.79 Å². The molecule has 2 N–H and O–H groups in total. The Bertz CT molecular complexity index is 406. The zero-order chi connectivity index (χ0) is 13.0. The summed E-state index contributed by atoms with van der Waals surface area (Å²) in [6, 6.07) is 0.195. The van der Waals surface area contributed by atoms with Crippen LogP contribution in [-0.4, -0.2) is 52.6 Å². The lowest BCUT2D eigenvalue weighted by atomic mass is 10.2. The molecule has 6 heteroatoms. The summed E-state index contributed by atoms with van der Waals surface area (Å²) in [7, 11) is 3.97. The van der Waals surface area contributed by atoms with Gasteiger partial charge in [0.25, 0.3) is 0 Å². The molecule has 0 radical (unpaired) electrons. The fourth-order valence-corrected chi connectivity index (χ4v) is 1.56. The molecule has 1 aromatic rings. The molecule has 0 fully saturated rings. The molecule has 0 aromatic carbocycles. The number of rotatable bonds is 5. The number of carboxylic acids is 1. The van der Waals surface area contributed by atoms with Gasteiger partial charge in [-0.1, -0.05) is 0 Å². The number of aryl methyl sites for hydroxylation is 1. The number of hydrogen-bond acceptors (Lipinski definition) is 5. The Morgan fingerprint density at radius 2 is 2.24 bits per heavy atom. The molecular weight excluding hydrogens is 220 g/mol. The lowest BCUT2D eigenvalue weighted by molar-refractivity contribution is 0.0695. The van der Waals surface area contributed by atoms with E-state index < -0.39 is 5.97 Å². The minimum absolute atomic E-state index is 0.135. The van der Waals surface area contributed by atoms with Gasteiger partial charge in [-0.2, -0.15) is 0 Å². The Hall–Kier alpha value is -1.69. The van der Waals surface area contributed by atoms with Gasteiger partial charge < -0.3 is 15.3 Å². The Morgan fingerprint density at radius 1 is 1.59 bits per heavy atom. The molecular formula is C11H18N4O2. The van der Waals surface area contributed by atoms with Crippen molar-refractivity contribution in [3.8, 4) is 0 Å². The molecule has 1 atom stereocenters. The van der Waals surface area contributed by atoms with Crippen LogP contribution in [0.1, 0.15) is 23.0 Å². The van der Waals surface area contributed by atoms with Gasteiger partial charge in [-0.05, 0) is 27.9 Å². The molecule has 6 nitrogen and oxygen atoms in total.